The number of hydrogen-bond acceptors (Lipinski definition) is 4. The van der Waals surface area contributed by atoms with Gasteiger partial charge in [0.05, 0.1) is 0 Å². The summed E-state index contributed by atoms with van der Waals surface area (Å²) in [5, 5.41) is 1.77. The lowest BCUT2D eigenvalue weighted by molar-refractivity contribution is 0.348. The van der Waals surface area contributed by atoms with Gasteiger partial charge in [0.1, 0.15) is 0 Å². The molecule has 0 aliphatic carbocycles. The average Bonchev–Trinajstić information content (AvgIpc) is 2.79. The second-order valence-corrected chi connectivity index (χ2v) is 9.06. The molecule has 0 saturated carbocycles. The van der Waals surface area contributed by atoms with Crippen molar-refractivity contribution in [2.75, 3.05) is 5.32 Å². The predicted molar refractivity (Wildman–Crippen MR) is 123 cm³/mol. The summed E-state index contributed by atoms with van der Waals surface area (Å²) in [6, 6.07) is 32.8. The van der Waals surface area contributed by atoms with Gasteiger partial charge in [0, 0.05) is 17.4 Å². The Bertz CT molecular complexity index is 1150. The zero-order chi connectivity index (χ0) is 21.7. The maximum Gasteiger partial charge on any atom is 0.412 e. The molecule has 0 saturated heterocycles. The largest absolute Gasteiger partial charge is 0.412 e. The van der Waals surface area contributed by atoms with E-state index in [1.165, 1.54) is 0 Å². The number of benzene rings is 3. The Balaban J connectivity index is 1.95. The lowest BCUT2D eigenvalue weighted by atomic mass is 9.97. The number of rotatable bonds is 7. The van der Waals surface area contributed by atoms with Crippen LogP contribution in [0.25, 0.3) is 0 Å². The Labute approximate surface area is 181 Å². The molecule has 31 heavy (non-hydrogen) atoms. The molecule has 0 aliphatic heterocycles. The number of aryl methyl sites for hydroxylation is 1. The topological polar surface area (TPSA) is 71.5 Å². The first-order chi connectivity index (χ1) is 15.0. The first-order valence-corrected chi connectivity index (χ1v) is 11.5. The summed E-state index contributed by atoms with van der Waals surface area (Å²) in [6.45, 7) is 1.80. The van der Waals surface area contributed by atoms with Gasteiger partial charge in [-0.1, -0.05) is 84.9 Å². The normalized spacial score (nSPS) is 13.2. The van der Waals surface area contributed by atoms with E-state index in [-0.39, 0.29) is 5.88 Å². The SMILES string of the molecule is Cc1cccc(OP(=O)(O)C(Nc2ccccc2)(c2ccccc2)c2ccccc2)n1. The van der Waals surface area contributed by atoms with Gasteiger partial charge in [-0.25, -0.2) is 9.55 Å². The molecule has 0 amide bonds. The van der Waals surface area contributed by atoms with Crippen LogP contribution in [0.1, 0.15) is 16.8 Å². The van der Waals surface area contributed by atoms with Crippen LogP contribution < -0.4 is 9.84 Å². The third kappa shape index (κ3) is 4.24. The predicted octanol–water partition coefficient (Wildman–Crippen LogP) is 5.97. The van der Waals surface area contributed by atoms with Crippen molar-refractivity contribution in [1.82, 2.24) is 4.98 Å². The molecule has 4 aromatic rings. The molecule has 0 fully saturated rings. The Morgan fingerprint density at radius 3 is 1.81 bits per heavy atom. The van der Waals surface area contributed by atoms with Crippen LogP contribution in [0.4, 0.5) is 5.69 Å². The van der Waals surface area contributed by atoms with Crippen LogP contribution in [-0.2, 0) is 9.85 Å². The molecule has 0 aliphatic rings. The minimum atomic E-state index is -4.46. The van der Waals surface area contributed by atoms with E-state index in [1.807, 2.05) is 91.0 Å². The van der Waals surface area contributed by atoms with Crippen molar-refractivity contribution < 1.29 is 14.0 Å². The summed E-state index contributed by atoms with van der Waals surface area (Å²) in [7, 11) is -4.46. The fourth-order valence-electron chi connectivity index (χ4n) is 3.56. The van der Waals surface area contributed by atoms with Crippen molar-refractivity contribution in [1.29, 1.82) is 0 Å². The highest BCUT2D eigenvalue weighted by molar-refractivity contribution is 7.55. The summed E-state index contributed by atoms with van der Waals surface area (Å²) in [5.41, 5.74) is 2.58. The van der Waals surface area contributed by atoms with Gasteiger partial charge in [-0.3, -0.25) is 0 Å². The number of nitrogens with zero attached hydrogens (tertiary/aromatic N) is 1. The standard InChI is InChI=1S/C25H23N2O3P/c1-20-12-11-19-24(26-20)30-31(28,29)25(21-13-5-2-6-14-21,22-15-7-3-8-16-22)27-23-17-9-4-10-18-23/h2-19,27H,1H3,(H,28,29). The smallest absolute Gasteiger partial charge is 0.404 e. The van der Waals surface area contributed by atoms with Gasteiger partial charge in [-0.05, 0) is 36.2 Å². The highest BCUT2D eigenvalue weighted by atomic mass is 31.2. The fraction of sp³-hybridized carbons (Fsp3) is 0.0800. The molecular formula is C25H23N2O3P. The van der Waals surface area contributed by atoms with Gasteiger partial charge in [0.25, 0.3) is 0 Å². The van der Waals surface area contributed by atoms with Crippen LogP contribution in [0.15, 0.2) is 109 Å². The minimum Gasteiger partial charge on any atom is -0.404 e. The van der Waals surface area contributed by atoms with Gasteiger partial charge in [-0.2, -0.15) is 0 Å². The van der Waals surface area contributed by atoms with E-state index in [4.69, 9.17) is 4.52 Å². The average molecular weight is 430 g/mol. The van der Waals surface area contributed by atoms with Crippen LogP contribution >= 0.6 is 7.60 Å². The van der Waals surface area contributed by atoms with E-state index in [0.717, 1.165) is 0 Å². The van der Waals surface area contributed by atoms with Crippen molar-refractivity contribution in [3.8, 4) is 5.88 Å². The Morgan fingerprint density at radius 1 is 0.774 bits per heavy atom. The molecule has 0 bridgehead atoms. The summed E-state index contributed by atoms with van der Waals surface area (Å²) < 4.78 is 19.9. The highest BCUT2D eigenvalue weighted by Gasteiger charge is 2.53. The maximum absolute atomic E-state index is 14.2. The molecule has 4 rings (SSSR count). The number of pyridine rings is 1. The number of aromatic nitrogens is 1. The lowest BCUT2D eigenvalue weighted by Gasteiger charge is -2.38. The summed E-state index contributed by atoms with van der Waals surface area (Å²) in [5.74, 6) is 0.0944. The molecule has 6 heteroatoms. The number of para-hydroxylation sites is 1. The molecule has 1 heterocycles. The monoisotopic (exact) mass is 430 g/mol. The van der Waals surface area contributed by atoms with E-state index in [0.29, 0.717) is 22.5 Å². The van der Waals surface area contributed by atoms with Crippen molar-refractivity contribution in [3.05, 3.63) is 126 Å². The molecule has 5 nitrogen and oxygen atoms in total. The highest BCUT2D eigenvalue weighted by Crippen LogP contribution is 2.63. The number of nitrogens with one attached hydrogen (secondary N) is 1. The van der Waals surface area contributed by atoms with E-state index in [1.54, 1.807) is 25.1 Å². The lowest BCUT2D eigenvalue weighted by Crippen LogP contribution is -2.38. The van der Waals surface area contributed by atoms with Crippen LogP contribution in [0.3, 0.4) is 0 Å². The maximum atomic E-state index is 14.2. The fourth-order valence-corrected chi connectivity index (χ4v) is 5.27. The zero-order valence-corrected chi connectivity index (χ0v) is 17.9. The second-order valence-electron chi connectivity index (χ2n) is 7.16. The summed E-state index contributed by atoms with van der Waals surface area (Å²) in [6.07, 6.45) is 0. The first-order valence-electron chi connectivity index (χ1n) is 9.92. The molecule has 1 aromatic heterocycles. The Hall–Kier alpha value is -3.40. The summed E-state index contributed by atoms with van der Waals surface area (Å²) >= 11 is 0. The van der Waals surface area contributed by atoms with Gasteiger partial charge >= 0.3 is 7.60 Å². The molecule has 3 aromatic carbocycles. The Morgan fingerprint density at radius 2 is 1.29 bits per heavy atom. The zero-order valence-electron chi connectivity index (χ0n) is 17.1. The Kier molecular flexibility index (Phi) is 5.90. The van der Waals surface area contributed by atoms with Crippen molar-refractivity contribution >= 4 is 13.3 Å². The van der Waals surface area contributed by atoms with Crippen molar-refractivity contribution in [2.24, 2.45) is 0 Å². The molecule has 0 spiro atoms. The third-order valence-corrected chi connectivity index (χ3v) is 6.90. The number of hydrogen-bond donors (Lipinski definition) is 2. The van der Waals surface area contributed by atoms with Gasteiger partial charge in [0.2, 0.25) is 11.2 Å². The quantitative estimate of drug-likeness (QED) is 0.354. The minimum absolute atomic E-state index is 0.0944. The number of anilines is 1. The second kappa shape index (κ2) is 8.76. The van der Waals surface area contributed by atoms with Crippen LogP contribution in [0.5, 0.6) is 5.88 Å². The molecule has 1 unspecified atom stereocenters. The van der Waals surface area contributed by atoms with E-state index in [9.17, 15) is 9.46 Å². The van der Waals surface area contributed by atoms with Crippen molar-refractivity contribution in [2.45, 2.75) is 12.2 Å². The van der Waals surface area contributed by atoms with Crippen molar-refractivity contribution in [3.63, 3.8) is 0 Å². The van der Waals surface area contributed by atoms with E-state index < -0.39 is 12.9 Å². The molecule has 2 N–H and O–H groups in total. The van der Waals surface area contributed by atoms with Gasteiger partial charge in [-0.15, -0.1) is 0 Å². The molecule has 156 valence electrons. The molecular weight excluding hydrogens is 407 g/mol. The molecule has 0 radical (unpaired) electrons. The van der Waals surface area contributed by atoms with Gasteiger partial charge in [0.15, 0.2) is 0 Å². The summed E-state index contributed by atoms with van der Waals surface area (Å²) in [4.78, 5) is 15.9. The van der Waals surface area contributed by atoms with Gasteiger partial charge < -0.3 is 14.7 Å². The third-order valence-electron chi connectivity index (χ3n) is 4.99. The van der Waals surface area contributed by atoms with E-state index in [2.05, 4.69) is 10.3 Å². The van der Waals surface area contributed by atoms with Crippen LogP contribution in [0.2, 0.25) is 0 Å². The molecule has 1 atom stereocenters. The van der Waals surface area contributed by atoms with E-state index >= 15 is 0 Å². The van der Waals surface area contributed by atoms with Crippen LogP contribution in [-0.4, -0.2) is 9.88 Å². The van der Waals surface area contributed by atoms with Crippen LogP contribution in [0, 0.1) is 6.92 Å². The first kappa shape index (κ1) is 20.9.